The van der Waals surface area contributed by atoms with E-state index in [1.54, 1.807) is 32.2 Å². The van der Waals surface area contributed by atoms with Crippen molar-refractivity contribution in [2.75, 3.05) is 40.5 Å². The summed E-state index contributed by atoms with van der Waals surface area (Å²) >= 11 is 0. The number of fused-ring (bicyclic) bond motifs is 1. The second kappa shape index (κ2) is 7.36. The van der Waals surface area contributed by atoms with Crippen molar-refractivity contribution < 1.29 is 23.8 Å². The normalized spacial score (nSPS) is 27.0. The number of ether oxygens (including phenoxy) is 4. The SMILES string of the molecule is COC[C@H]1O[C@@H](n2cnc3c(NOC)ncnc32)[C@H](OC)[C@@H]1OC. The summed E-state index contributed by atoms with van der Waals surface area (Å²) in [7, 11) is 6.37. The molecule has 10 nitrogen and oxygen atoms in total. The van der Waals surface area contributed by atoms with Gasteiger partial charge in [-0.1, -0.05) is 0 Å². The lowest BCUT2D eigenvalue weighted by Gasteiger charge is -2.21. The maximum absolute atomic E-state index is 6.10. The zero-order chi connectivity index (χ0) is 17.1. The third-order valence-electron chi connectivity index (χ3n) is 3.99. The van der Waals surface area contributed by atoms with Crippen LogP contribution in [0.4, 0.5) is 5.82 Å². The highest BCUT2D eigenvalue weighted by Gasteiger charge is 2.46. The summed E-state index contributed by atoms with van der Waals surface area (Å²) in [4.78, 5) is 17.7. The van der Waals surface area contributed by atoms with E-state index in [0.29, 0.717) is 23.6 Å². The molecule has 1 fully saturated rings. The van der Waals surface area contributed by atoms with E-state index < -0.39 is 6.23 Å². The molecule has 0 spiro atoms. The summed E-state index contributed by atoms with van der Waals surface area (Å²) in [6, 6.07) is 0. The van der Waals surface area contributed by atoms with Crippen LogP contribution < -0.4 is 5.48 Å². The molecule has 1 N–H and O–H groups in total. The lowest BCUT2D eigenvalue weighted by molar-refractivity contribution is -0.0636. The van der Waals surface area contributed by atoms with Crippen LogP contribution in [0, 0.1) is 0 Å². The first kappa shape index (κ1) is 17.0. The monoisotopic (exact) mass is 339 g/mol. The molecule has 4 atom stereocenters. The molecule has 24 heavy (non-hydrogen) atoms. The van der Waals surface area contributed by atoms with Crippen molar-refractivity contribution in [3.05, 3.63) is 12.7 Å². The molecule has 0 bridgehead atoms. The number of hydrogen-bond donors (Lipinski definition) is 1. The number of anilines is 1. The van der Waals surface area contributed by atoms with Gasteiger partial charge in [0.15, 0.2) is 23.2 Å². The van der Waals surface area contributed by atoms with Gasteiger partial charge in [0, 0.05) is 21.3 Å². The summed E-state index contributed by atoms with van der Waals surface area (Å²) in [5, 5.41) is 0. The van der Waals surface area contributed by atoms with Crippen molar-refractivity contribution in [2.45, 2.75) is 24.5 Å². The highest BCUT2D eigenvalue weighted by molar-refractivity contribution is 5.82. The molecule has 1 aliphatic rings. The van der Waals surface area contributed by atoms with Gasteiger partial charge in [0.25, 0.3) is 0 Å². The number of methoxy groups -OCH3 is 3. The fraction of sp³-hybridized carbons (Fsp3) is 0.643. The highest BCUT2D eigenvalue weighted by Crippen LogP contribution is 2.35. The van der Waals surface area contributed by atoms with Gasteiger partial charge in [-0.25, -0.2) is 20.4 Å². The minimum absolute atomic E-state index is 0.259. The summed E-state index contributed by atoms with van der Waals surface area (Å²) in [6.45, 7) is 0.396. The van der Waals surface area contributed by atoms with Crippen LogP contribution in [-0.2, 0) is 23.8 Å². The van der Waals surface area contributed by atoms with E-state index in [9.17, 15) is 0 Å². The van der Waals surface area contributed by atoms with Crippen molar-refractivity contribution in [1.29, 1.82) is 0 Å². The quantitative estimate of drug-likeness (QED) is 0.717. The third-order valence-corrected chi connectivity index (χ3v) is 3.99. The van der Waals surface area contributed by atoms with Crippen molar-refractivity contribution in [2.24, 2.45) is 0 Å². The van der Waals surface area contributed by atoms with Crippen LogP contribution in [-0.4, -0.2) is 72.9 Å². The smallest absolute Gasteiger partial charge is 0.181 e. The fourth-order valence-corrected chi connectivity index (χ4v) is 2.98. The Balaban J connectivity index is 1.98. The van der Waals surface area contributed by atoms with E-state index in [4.69, 9.17) is 23.8 Å². The Morgan fingerprint density at radius 1 is 1.12 bits per heavy atom. The Kier molecular flexibility index (Phi) is 5.21. The molecule has 3 heterocycles. The molecule has 2 aromatic heterocycles. The predicted molar refractivity (Wildman–Crippen MR) is 83.3 cm³/mol. The second-order valence-corrected chi connectivity index (χ2v) is 5.27. The average molecular weight is 339 g/mol. The molecule has 0 unspecified atom stereocenters. The summed E-state index contributed by atoms with van der Waals surface area (Å²) in [5.74, 6) is 0.477. The molecule has 1 aliphatic heterocycles. The highest BCUT2D eigenvalue weighted by atomic mass is 16.6. The van der Waals surface area contributed by atoms with Gasteiger partial charge in [-0.15, -0.1) is 0 Å². The minimum atomic E-state index is -0.449. The van der Waals surface area contributed by atoms with Crippen molar-refractivity contribution in [3.8, 4) is 0 Å². The summed E-state index contributed by atoms with van der Waals surface area (Å²) in [5.41, 5.74) is 3.86. The van der Waals surface area contributed by atoms with Gasteiger partial charge < -0.3 is 18.9 Å². The summed E-state index contributed by atoms with van der Waals surface area (Å²) < 4.78 is 24.3. The van der Waals surface area contributed by atoms with Crippen LogP contribution in [0.25, 0.3) is 11.2 Å². The topological polar surface area (TPSA) is 102 Å². The van der Waals surface area contributed by atoms with Gasteiger partial charge in [0.05, 0.1) is 20.0 Å². The molecule has 0 saturated carbocycles. The number of aromatic nitrogens is 4. The maximum Gasteiger partial charge on any atom is 0.181 e. The van der Waals surface area contributed by atoms with Gasteiger partial charge in [-0.3, -0.25) is 9.40 Å². The van der Waals surface area contributed by atoms with E-state index >= 15 is 0 Å². The first-order valence-corrected chi connectivity index (χ1v) is 7.41. The van der Waals surface area contributed by atoms with Gasteiger partial charge in [0.1, 0.15) is 24.6 Å². The maximum atomic E-state index is 6.10. The van der Waals surface area contributed by atoms with Crippen LogP contribution in [0.1, 0.15) is 6.23 Å². The Hall–Kier alpha value is -1.85. The Bertz CT molecular complexity index is 681. The van der Waals surface area contributed by atoms with E-state index in [0.717, 1.165) is 0 Å². The standard InChI is InChI=1S/C14H21N5O5/c1-20-5-8-10(21-2)11(22-3)14(24-8)19-7-17-9-12(18-23-4)15-6-16-13(9)19/h6-8,10-11,14H,5H2,1-4H3,(H,15,16,18)/t8-,10-,11-,14-/m1/s1. The van der Waals surface area contributed by atoms with Crippen LogP contribution in [0.5, 0.6) is 0 Å². The number of nitrogens with zero attached hydrogens (tertiary/aromatic N) is 4. The van der Waals surface area contributed by atoms with Crippen LogP contribution >= 0.6 is 0 Å². The minimum Gasteiger partial charge on any atom is -0.382 e. The zero-order valence-corrected chi connectivity index (χ0v) is 14.0. The Labute approximate surface area is 139 Å². The van der Waals surface area contributed by atoms with Crippen molar-refractivity contribution >= 4 is 17.0 Å². The van der Waals surface area contributed by atoms with E-state index in [-0.39, 0.29) is 18.3 Å². The molecule has 2 aromatic rings. The largest absolute Gasteiger partial charge is 0.382 e. The van der Waals surface area contributed by atoms with E-state index in [2.05, 4.69) is 20.4 Å². The first-order chi connectivity index (χ1) is 11.7. The van der Waals surface area contributed by atoms with Crippen LogP contribution in [0.3, 0.4) is 0 Å². The van der Waals surface area contributed by atoms with Crippen molar-refractivity contribution in [3.63, 3.8) is 0 Å². The number of nitrogens with one attached hydrogen (secondary N) is 1. The first-order valence-electron chi connectivity index (χ1n) is 7.41. The average Bonchev–Trinajstić information content (AvgIpc) is 3.16. The van der Waals surface area contributed by atoms with E-state index in [1.165, 1.54) is 13.4 Å². The molecule has 0 amide bonds. The van der Waals surface area contributed by atoms with Gasteiger partial charge in [-0.2, -0.15) is 0 Å². The number of hydrogen-bond acceptors (Lipinski definition) is 9. The van der Waals surface area contributed by atoms with Crippen LogP contribution in [0.2, 0.25) is 0 Å². The lowest BCUT2D eigenvalue weighted by atomic mass is 10.1. The Morgan fingerprint density at radius 3 is 2.58 bits per heavy atom. The molecule has 3 rings (SSSR count). The molecule has 0 aliphatic carbocycles. The summed E-state index contributed by atoms with van der Waals surface area (Å²) in [6.07, 6.45) is 1.76. The van der Waals surface area contributed by atoms with Crippen molar-refractivity contribution in [1.82, 2.24) is 19.5 Å². The third kappa shape index (κ3) is 2.82. The van der Waals surface area contributed by atoms with Gasteiger partial charge >= 0.3 is 0 Å². The molecular weight excluding hydrogens is 318 g/mol. The molecule has 1 saturated heterocycles. The molecule has 132 valence electrons. The van der Waals surface area contributed by atoms with Crippen LogP contribution in [0.15, 0.2) is 12.7 Å². The molecule has 10 heteroatoms. The van der Waals surface area contributed by atoms with Gasteiger partial charge in [-0.05, 0) is 0 Å². The second-order valence-electron chi connectivity index (χ2n) is 5.27. The molecule has 0 radical (unpaired) electrons. The molecule has 0 aromatic carbocycles. The predicted octanol–water partition coefficient (Wildman–Crippen LogP) is 0.373. The lowest BCUT2D eigenvalue weighted by Crippen LogP contribution is -2.36. The zero-order valence-electron chi connectivity index (χ0n) is 14.0. The molecular formula is C14H21N5O5. The fourth-order valence-electron chi connectivity index (χ4n) is 2.98. The Morgan fingerprint density at radius 2 is 1.92 bits per heavy atom. The number of imidazole rings is 1. The van der Waals surface area contributed by atoms with E-state index in [1.807, 2.05) is 0 Å². The number of rotatable bonds is 7. The van der Waals surface area contributed by atoms with Gasteiger partial charge in [0.2, 0.25) is 0 Å².